The molecular weight excluding hydrogens is 368 g/mol. The molecule has 0 unspecified atom stereocenters. The van der Waals surface area contributed by atoms with E-state index in [2.05, 4.69) is 52.0 Å². The predicted molar refractivity (Wildman–Crippen MR) is 129 cm³/mol. The van der Waals surface area contributed by atoms with Crippen LogP contribution < -0.4 is 0 Å². The molecule has 0 aliphatic rings. The van der Waals surface area contributed by atoms with Crippen LogP contribution in [0.3, 0.4) is 0 Å². The molecule has 2 N–H and O–H groups in total. The molecule has 2 nitrogen and oxygen atoms in total. The van der Waals surface area contributed by atoms with Crippen LogP contribution in [0, 0.1) is 0 Å². The minimum absolute atomic E-state index is 0.128. The Morgan fingerprint density at radius 3 is 1.57 bits per heavy atom. The highest BCUT2D eigenvalue weighted by molar-refractivity contribution is 5.47. The van der Waals surface area contributed by atoms with Crippen molar-refractivity contribution in [1.82, 2.24) is 0 Å². The van der Waals surface area contributed by atoms with Gasteiger partial charge in [-0.15, -0.1) is 0 Å². The van der Waals surface area contributed by atoms with E-state index in [1.165, 1.54) is 49.7 Å². The average Bonchev–Trinajstić information content (AvgIpc) is 2.74. The van der Waals surface area contributed by atoms with Gasteiger partial charge in [0.1, 0.15) is 11.5 Å². The van der Waals surface area contributed by atoms with Gasteiger partial charge >= 0.3 is 0 Å². The molecule has 0 saturated carbocycles. The van der Waals surface area contributed by atoms with Gasteiger partial charge in [-0.1, -0.05) is 103 Å². The van der Waals surface area contributed by atoms with Crippen LogP contribution in [-0.4, -0.2) is 10.2 Å². The molecule has 2 heteroatoms. The van der Waals surface area contributed by atoms with E-state index in [9.17, 15) is 10.2 Å². The SMILES string of the molecule is CCCCCCCCC(C)(c1ccc(O)c(CCC)c1)c1ccc(O)c(CCC)c1. The Bertz CT molecular complexity index is 723. The molecule has 0 bridgehead atoms. The minimum atomic E-state index is -0.128. The first-order valence-corrected chi connectivity index (χ1v) is 12.1. The molecule has 0 amide bonds. The molecule has 0 fully saturated rings. The fraction of sp³-hybridized carbons (Fsp3) is 0.571. The summed E-state index contributed by atoms with van der Waals surface area (Å²) in [5, 5.41) is 20.6. The lowest BCUT2D eigenvalue weighted by atomic mass is 9.71. The largest absolute Gasteiger partial charge is 0.508 e. The van der Waals surface area contributed by atoms with E-state index in [1.54, 1.807) is 0 Å². The van der Waals surface area contributed by atoms with E-state index in [1.807, 2.05) is 12.1 Å². The van der Waals surface area contributed by atoms with E-state index in [0.29, 0.717) is 11.5 Å². The number of aryl methyl sites for hydroxylation is 2. The first-order valence-electron chi connectivity index (χ1n) is 12.1. The number of phenolic OH excluding ortho intramolecular Hbond substituents is 2. The summed E-state index contributed by atoms with van der Waals surface area (Å²) in [5.41, 5.74) is 4.49. The van der Waals surface area contributed by atoms with Gasteiger partial charge in [0.15, 0.2) is 0 Å². The summed E-state index contributed by atoms with van der Waals surface area (Å²) in [7, 11) is 0. The summed E-state index contributed by atoms with van der Waals surface area (Å²) in [6.07, 6.45) is 12.6. The highest BCUT2D eigenvalue weighted by atomic mass is 16.3. The van der Waals surface area contributed by atoms with Gasteiger partial charge in [-0.2, -0.15) is 0 Å². The van der Waals surface area contributed by atoms with Crippen molar-refractivity contribution >= 4 is 0 Å². The minimum Gasteiger partial charge on any atom is -0.508 e. The lowest BCUT2D eigenvalue weighted by Crippen LogP contribution is -2.24. The second-order valence-corrected chi connectivity index (χ2v) is 9.04. The monoisotopic (exact) mass is 410 g/mol. The Morgan fingerprint density at radius 1 is 0.633 bits per heavy atom. The maximum absolute atomic E-state index is 10.3. The maximum atomic E-state index is 10.3. The van der Waals surface area contributed by atoms with Gasteiger partial charge in [0.25, 0.3) is 0 Å². The van der Waals surface area contributed by atoms with Crippen LogP contribution in [0.4, 0.5) is 0 Å². The number of rotatable bonds is 13. The van der Waals surface area contributed by atoms with Crippen LogP contribution >= 0.6 is 0 Å². The van der Waals surface area contributed by atoms with Crippen molar-refractivity contribution in [3.8, 4) is 11.5 Å². The highest BCUT2D eigenvalue weighted by Crippen LogP contribution is 2.40. The summed E-state index contributed by atoms with van der Waals surface area (Å²) < 4.78 is 0. The molecule has 166 valence electrons. The predicted octanol–water partition coefficient (Wildman–Crippen LogP) is 8.06. The first-order chi connectivity index (χ1) is 14.5. The summed E-state index contributed by atoms with van der Waals surface area (Å²) in [5.74, 6) is 0.805. The molecule has 0 spiro atoms. The van der Waals surface area contributed by atoms with E-state index < -0.39 is 0 Å². The number of unbranched alkanes of at least 4 members (excludes halogenated alkanes) is 5. The Hall–Kier alpha value is -1.96. The maximum Gasteiger partial charge on any atom is 0.118 e. The van der Waals surface area contributed by atoms with Crippen LogP contribution in [0.5, 0.6) is 11.5 Å². The third-order valence-electron chi connectivity index (χ3n) is 6.50. The molecule has 2 aromatic carbocycles. The summed E-state index contributed by atoms with van der Waals surface area (Å²) in [6.45, 7) is 8.90. The Morgan fingerprint density at radius 2 is 1.10 bits per heavy atom. The van der Waals surface area contributed by atoms with Crippen LogP contribution in [-0.2, 0) is 18.3 Å². The van der Waals surface area contributed by atoms with Gasteiger partial charge < -0.3 is 10.2 Å². The molecule has 0 heterocycles. The molecule has 0 aliphatic carbocycles. The molecule has 2 aromatic rings. The second-order valence-electron chi connectivity index (χ2n) is 9.04. The van der Waals surface area contributed by atoms with Crippen molar-refractivity contribution < 1.29 is 10.2 Å². The van der Waals surface area contributed by atoms with Crippen molar-refractivity contribution in [3.63, 3.8) is 0 Å². The summed E-state index contributed by atoms with van der Waals surface area (Å²) >= 11 is 0. The van der Waals surface area contributed by atoms with Gasteiger partial charge in [-0.3, -0.25) is 0 Å². The van der Waals surface area contributed by atoms with E-state index in [4.69, 9.17) is 0 Å². The molecule has 30 heavy (non-hydrogen) atoms. The quantitative estimate of drug-likeness (QED) is 0.328. The molecular formula is C28H42O2. The van der Waals surface area contributed by atoms with Gasteiger partial charge in [-0.05, 0) is 53.6 Å². The van der Waals surface area contributed by atoms with Crippen molar-refractivity contribution in [2.75, 3.05) is 0 Å². The highest BCUT2D eigenvalue weighted by Gasteiger charge is 2.30. The van der Waals surface area contributed by atoms with Crippen molar-refractivity contribution in [1.29, 1.82) is 0 Å². The Labute approximate surface area is 184 Å². The number of hydrogen-bond donors (Lipinski definition) is 2. The van der Waals surface area contributed by atoms with Crippen molar-refractivity contribution in [2.45, 2.75) is 104 Å². The third-order valence-corrected chi connectivity index (χ3v) is 6.50. The first kappa shape index (κ1) is 24.3. The lowest BCUT2D eigenvalue weighted by Gasteiger charge is -2.32. The van der Waals surface area contributed by atoms with Crippen LogP contribution in [0.15, 0.2) is 36.4 Å². The van der Waals surface area contributed by atoms with Gasteiger partial charge in [-0.25, -0.2) is 0 Å². The Kier molecular flexibility index (Phi) is 9.75. The van der Waals surface area contributed by atoms with Crippen LogP contribution in [0.2, 0.25) is 0 Å². The average molecular weight is 411 g/mol. The molecule has 0 radical (unpaired) electrons. The lowest BCUT2D eigenvalue weighted by molar-refractivity contribution is 0.454. The summed E-state index contributed by atoms with van der Waals surface area (Å²) in [4.78, 5) is 0. The zero-order valence-corrected chi connectivity index (χ0v) is 19.6. The number of benzene rings is 2. The molecule has 0 aliphatic heterocycles. The standard InChI is InChI=1S/C28H42O2/c1-5-8-9-10-11-12-19-28(4,24-15-17-26(29)22(20-24)13-6-2)25-16-18-27(30)23(21-25)14-7-3/h15-18,20-21,29-30H,5-14,19H2,1-4H3. The van der Waals surface area contributed by atoms with E-state index in [0.717, 1.165) is 43.2 Å². The zero-order valence-electron chi connectivity index (χ0n) is 19.6. The van der Waals surface area contributed by atoms with E-state index in [-0.39, 0.29) is 5.41 Å². The van der Waals surface area contributed by atoms with Crippen molar-refractivity contribution in [3.05, 3.63) is 58.7 Å². The fourth-order valence-corrected chi connectivity index (χ4v) is 4.51. The van der Waals surface area contributed by atoms with Crippen molar-refractivity contribution in [2.24, 2.45) is 0 Å². The van der Waals surface area contributed by atoms with Gasteiger partial charge in [0.2, 0.25) is 0 Å². The number of aromatic hydroxyl groups is 2. The molecule has 0 saturated heterocycles. The third kappa shape index (κ3) is 6.27. The number of phenols is 2. The van der Waals surface area contributed by atoms with Gasteiger partial charge in [0, 0.05) is 5.41 Å². The Balaban J connectivity index is 2.37. The van der Waals surface area contributed by atoms with Gasteiger partial charge in [0.05, 0.1) is 0 Å². The van der Waals surface area contributed by atoms with Crippen LogP contribution in [0.25, 0.3) is 0 Å². The van der Waals surface area contributed by atoms with Crippen LogP contribution in [0.1, 0.15) is 108 Å². The number of hydrogen-bond acceptors (Lipinski definition) is 2. The smallest absolute Gasteiger partial charge is 0.118 e. The second kappa shape index (κ2) is 12.0. The fourth-order valence-electron chi connectivity index (χ4n) is 4.51. The molecule has 2 rings (SSSR count). The summed E-state index contributed by atoms with van der Waals surface area (Å²) in [6, 6.07) is 12.3. The normalized spacial score (nSPS) is 11.7. The van der Waals surface area contributed by atoms with E-state index >= 15 is 0 Å². The molecule has 0 aromatic heterocycles. The topological polar surface area (TPSA) is 40.5 Å². The molecule has 0 atom stereocenters. The zero-order chi connectivity index (χ0) is 22.0.